The third kappa shape index (κ3) is 4.05. The van der Waals surface area contributed by atoms with Gasteiger partial charge in [0.15, 0.2) is 0 Å². The Morgan fingerprint density at radius 3 is 2.72 bits per heavy atom. The van der Waals surface area contributed by atoms with Gasteiger partial charge >= 0.3 is 0 Å². The van der Waals surface area contributed by atoms with Gasteiger partial charge in [0, 0.05) is 18.8 Å². The van der Waals surface area contributed by atoms with Crippen LogP contribution in [0.5, 0.6) is 0 Å². The summed E-state index contributed by atoms with van der Waals surface area (Å²) in [5.41, 5.74) is 1.21. The van der Waals surface area contributed by atoms with Gasteiger partial charge in [-0.15, -0.1) is 6.42 Å². The molecule has 18 heavy (non-hydrogen) atoms. The molecule has 1 heterocycles. The first kappa shape index (κ1) is 14.5. The molecule has 0 bridgehead atoms. The van der Waals surface area contributed by atoms with Crippen LogP contribution in [0.15, 0.2) is 18.3 Å². The summed E-state index contributed by atoms with van der Waals surface area (Å²) in [5.74, 6) is 3.64. The molecule has 1 aromatic heterocycles. The first-order valence-electron chi connectivity index (χ1n) is 6.60. The molecule has 0 aliphatic heterocycles. The maximum absolute atomic E-state index is 5.39. The quantitative estimate of drug-likeness (QED) is 0.748. The topological polar surface area (TPSA) is 28.2 Å². The zero-order valence-corrected chi connectivity index (χ0v) is 11.6. The van der Waals surface area contributed by atoms with Crippen LogP contribution in [0, 0.1) is 12.3 Å². The Kier molecular flexibility index (Phi) is 6.24. The predicted octanol–water partition coefficient (Wildman–Crippen LogP) is 2.60. The van der Waals surface area contributed by atoms with Crippen molar-refractivity contribution in [1.82, 2.24) is 10.3 Å². The van der Waals surface area contributed by atoms with Gasteiger partial charge in [0.1, 0.15) is 5.82 Å². The van der Waals surface area contributed by atoms with Crippen LogP contribution in [-0.2, 0) is 0 Å². The highest BCUT2D eigenvalue weighted by Gasteiger charge is 2.08. The maximum Gasteiger partial charge on any atom is 0.129 e. The number of hydrogen-bond acceptors (Lipinski definition) is 3. The standard InChI is InChI=1S/C15H23N3/c1-5-10-18(11-6-2)15-9-8-14(12-17-15)13(4)16-7-3/h1,8-9,12-13,16H,6-7,10-11H2,2-4H3. The Labute approximate surface area is 111 Å². The van der Waals surface area contributed by atoms with Crippen LogP contribution in [0.4, 0.5) is 5.82 Å². The largest absolute Gasteiger partial charge is 0.345 e. The minimum absolute atomic E-state index is 0.337. The van der Waals surface area contributed by atoms with E-state index < -0.39 is 0 Å². The van der Waals surface area contributed by atoms with Gasteiger partial charge in [0.25, 0.3) is 0 Å². The van der Waals surface area contributed by atoms with Crippen LogP contribution < -0.4 is 10.2 Å². The summed E-state index contributed by atoms with van der Waals surface area (Å²) < 4.78 is 0. The number of aromatic nitrogens is 1. The second-order valence-electron chi connectivity index (χ2n) is 4.35. The highest BCUT2D eigenvalue weighted by atomic mass is 15.2. The molecule has 0 saturated carbocycles. The molecule has 0 spiro atoms. The lowest BCUT2D eigenvalue weighted by Crippen LogP contribution is -2.25. The summed E-state index contributed by atoms with van der Waals surface area (Å²) in [6, 6.07) is 4.51. The maximum atomic E-state index is 5.39. The highest BCUT2D eigenvalue weighted by molar-refractivity contribution is 5.41. The predicted molar refractivity (Wildman–Crippen MR) is 77.7 cm³/mol. The Balaban J connectivity index is 2.77. The smallest absolute Gasteiger partial charge is 0.129 e. The molecule has 0 fully saturated rings. The van der Waals surface area contributed by atoms with Crippen molar-refractivity contribution in [1.29, 1.82) is 0 Å². The molecule has 1 unspecified atom stereocenters. The average Bonchev–Trinajstić information content (AvgIpc) is 2.39. The molecule has 0 aliphatic carbocycles. The minimum atomic E-state index is 0.337. The molecule has 3 nitrogen and oxygen atoms in total. The highest BCUT2D eigenvalue weighted by Crippen LogP contribution is 2.16. The third-order valence-corrected chi connectivity index (χ3v) is 2.88. The van der Waals surface area contributed by atoms with Crippen LogP contribution in [0.25, 0.3) is 0 Å². The summed E-state index contributed by atoms with van der Waals surface area (Å²) in [6.45, 7) is 8.91. The monoisotopic (exact) mass is 245 g/mol. The molecule has 0 saturated heterocycles. The number of rotatable bonds is 7. The normalized spacial score (nSPS) is 11.9. The van der Waals surface area contributed by atoms with E-state index in [9.17, 15) is 0 Å². The van der Waals surface area contributed by atoms with Gasteiger partial charge < -0.3 is 10.2 Å². The van der Waals surface area contributed by atoms with Gasteiger partial charge in [-0.25, -0.2) is 4.98 Å². The Hall–Kier alpha value is -1.53. The molecule has 3 heteroatoms. The van der Waals surface area contributed by atoms with Gasteiger partial charge in [0.05, 0.1) is 6.54 Å². The van der Waals surface area contributed by atoms with E-state index in [0.717, 1.165) is 25.3 Å². The summed E-state index contributed by atoms with van der Waals surface area (Å²) in [5, 5.41) is 3.37. The molecule has 0 amide bonds. The van der Waals surface area contributed by atoms with Crippen LogP contribution in [0.3, 0.4) is 0 Å². The summed E-state index contributed by atoms with van der Waals surface area (Å²) >= 11 is 0. The van der Waals surface area contributed by atoms with Gasteiger partial charge in [-0.05, 0) is 31.5 Å². The van der Waals surface area contributed by atoms with Gasteiger partial charge in [-0.2, -0.15) is 0 Å². The number of hydrogen-bond donors (Lipinski definition) is 1. The van der Waals surface area contributed by atoms with Gasteiger partial charge in [-0.1, -0.05) is 25.8 Å². The zero-order chi connectivity index (χ0) is 13.4. The van der Waals surface area contributed by atoms with E-state index in [4.69, 9.17) is 6.42 Å². The summed E-state index contributed by atoms with van der Waals surface area (Å²) in [6.07, 6.45) is 8.39. The number of nitrogens with one attached hydrogen (secondary N) is 1. The van der Waals surface area contributed by atoms with Crippen molar-refractivity contribution >= 4 is 5.82 Å². The second-order valence-corrected chi connectivity index (χ2v) is 4.35. The third-order valence-electron chi connectivity index (χ3n) is 2.88. The van der Waals surface area contributed by atoms with Crippen LogP contribution in [0.2, 0.25) is 0 Å². The summed E-state index contributed by atoms with van der Waals surface area (Å²) in [7, 11) is 0. The molecule has 1 aromatic rings. The fraction of sp³-hybridized carbons (Fsp3) is 0.533. The lowest BCUT2D eigenvalue weighted by atomic mass is 10.1. The second kappa shape index (κ2) is 7.73. The number of nitrogens with zero attached hydrogens (tertiary/aromatic N) is 2. The van der Waals surface area contributed by atoms with E-state index in [1.54, 1.807) is 0 Å². The molecule has 1 rings (SSSR count). The van der Waals surface area contributed by atoms with Crippen LogP contribution in [0.1, 0.15) is 38.8 Å². The Morgan fingerprint density at radius 1 is 1.44 bits per heavy atom. The molecule has 0 radical (unpaired) electrons. The SMILES string of the molecule is C#CCN(CCC)c1ccc(C(C)NCC)cn1. The first-order valence-corrected chi connectivity index (χ1v) is 6.60. The molecular weight excluding hydrogens is 222 g/mol. The molecule has 1 N–H and O–H groups in total. The van der Waals surface area contributed by atoms with Crippen LogP contribution >= 0.6 is 0 Å². The van der Waals surface area contributed by atoms with E-state index in [2.05, 4.69) is 54.0 Å². The Morgan fingerprint density at radius 2 is 2.22 bits per heavy atom. The number of anilines is 1. The molecular formula is C15H23N3. The fourth-order valence-corrected chi connectivity index (χ4v) is 1.92. The fourth-order valence-electron chi connectivity index (χ4n) is 1.92. The number of terminal acetylenes is 1. The Bertz CT molecular complexity index is 378. The van der Waals surface area contributed by atoms with E-state index >= 15 is 0 Å². The van der Waals surface area contributed by atoms with Crippen molar-refractivity contribution < 1.29 is 0 Å². The molecule has 0 aromatic carbocycles. The van der Waals surface area contributed by atoms with Crippen molar-refractivity contribution in [3.63, 3.8) is 0 Å². The zero-order valence-electron chi connectivity index (χ0n) is 11.6. The van der Waals surface area contributed by atoms with E-state index in [1.165, 1.54) is 5.56 Å². The molecule has 1 atom stereocenters. The minimum Gasteiger partial charge on any atom is -0.345 e. The first-order chi connectivity index (χ1) is 8.72. The van der Waals surface area contributed by atoms with E-state index in [-0.39, 0.29) is 0 Å². The molecule has 0 aliphatic rings. The van der Waals surface area contributed by atoms with E-state index in [0.29, 0.717) is 12.6 Å². The average molecular weight is 245 g/mol. The van der Waals surface area contributed by atoms with Crippen molar-refractivity contribution in [3.05, 3.63) is 23.9 Å². The lowest BCUT2D eigenvalue weighted by molar-refractivity contribution is 0.596. The van der Waals surface area contributed by atoms with Gasteiger partial charge in [0.2, 0.25) is 0 Å². The van der Waals surface area contributed by atoms with Crippen molar-refractivity contribution in [2.45, 2.75) is 33.2 Å². The van der Waals surface area contributed by atoms with Crippen molar-refractivity contribution in [2.24, 2.45) is 0 Å². The van der Waals surface area contributed by atoms with Crippen molar-refractivity contribution in [3.8, 4) is 12.3 Å². The van der Waals surface area contributed by atoms with Gasteiger partial charge in [-0.3, -0.25) is 0 Å². The molecule has 98 valence electrons. The van der Waals surface area contributed by atoms with Crippen LogP contribution in [-0.4, -0.2) is 24.6 Å². The lowest BCUT2D eigenvalue weighted by Gasteiger charge is -2.21. The van der Waals surface area contributed by atoms with Crippen molar-refractivity contribution in [2.75, 3.05) is 24.5 Å². The van der Waals surface area contributed by atoms with E-state index in [1.807, 2.05) is 6.20 Å². The number of pyridine rings is 1. The summed E-state index contributed by atoms with van der Waals surface area (Å²) in [4.78, 5) is 6.64.